The van der Waals surface area contributed by atoms with E-state index in [0.29, 0.717) is 11.0 Å². The van der Waals surface area contributed by atoms with Crippen molar-refractivity contribution in [1.29, 1.82) is 0 Å². The Morgan fingerprint density at radius 1 is 1.41 bits per heavy atom. The van der Waals surface area contributed by atoms with Crippen LogP contribution < -0.4 is 4.90 Å². The summed E-state index contributed by atoms with van der Waals surface area (Å²) in [6.07, 6.45) is 1.46. The molecule has 0 atom stereocenters. The van der Waals surface area contributed by atoms with Crippen molar-refractivity contribution < 1.29 is 0 Å². The van der Waals surface area contributed by atoms with Crippen LogP contribution in [0.2, 0.25) is 5.15 Å². The van der Waals surface area contributed by atoms with Crippen LogP contribution in [0, 0.1) is 0 Å². The smallest absolute Gasteiger partial charge is 0.138 e. The van der Waals surface area contributed by atoms with E-state index in [1.54, 1.807) is 11.3 Å². The average Bonchev–Trinajstić information content (AvgIpc) is 2.81. The van der Waals surface area contributed by atoms with Crippen molar-refractivity contribution in [2.45, 2.75) is 12.4 Å². The Morgan fingerprint density at radius 3 is 2.88 bits per heavy atom. The van der Waals surface area contributed by atoms with E-state index in [4.69, 9.17) is 23.2 Å². The van der Waals surface area contributed by atoms with Crippen LogP contribution in [0.25, 0.3) is 0 Å². The molecule has 0 saturated carbocycles. The summed E-state index contributed by atoms with van der Waals surface area (Å²) in [6, 6.07) is 4.12. The van der Waals surface area contributed by atoms with Gasteiger partial charge in [0.1, 0.15) is 17.3 Å². The number of nitrogens with zero attached hydrogens (tertiary/aromatic N) is 3. The fourth-order valence-electron chi connectivity index (χ4n) is 1.54. The minimum absolute atomic E-state index is 0.309. The van der Waals surface area contributed by atoms with E-state index in [9.17, 15) is 0 Å². The van der Waals surface area contributed by atoms with Gasteiger partial charge in [-0.3, -0.25) is 0 Å². The Bertz CT molecular complexity index is 487. The molecule has 0 aliphatic heterocycles. The van der Waals surface area contributed by atoms with Crippen molar-refractivity contribution in [3.05, 3.63) is 39.4 Å². The first kappa shape index (κ1) is 12.6. The predicted octanol–water partition coefficient (Wildman–Crippen LogP) is 3.57. The van der Waals surface area contributed by atoms with Gasteiger partial charge in [0.25, 0.3) is 0 Å². The molecular formula is C11H11Cl2N3S. The molecule has 2 aromatic heterocycles. The van der Waals surface area contributed by atoms with Crippen LogP contribution in [0.1, 0.15) is 10.4 Å². The van der Waals surface area contributed by atoms with E-state index in [2.05, 4.69) is 21.4 Å². The van der Waals surface area contributed by atoms with Crippen LogP contribution in [-0.2, 0) is 12.4 Å². The molecule has 0 bridgehead atoms. The molecule has 0 N–H and O–H groups in total. The van der Waals surface area contributed by atoms with Gasteiger partial charge in [0.2, 0.25) is 0 Å². The van der Waals surface area contributed by atoms with Crippen molar-refractivity contribution in [3.63, 3.8) is 0 Å². The standard InChI is InChI=1S/C11H11Cl2N3S/c1-16(6-8-3-2-4-17-8)11-9(5-12)10(13)14-7-15-11/h2-4,7H,5-6H2,1H3. The lowest BCUT2D eigenvalue weighted by Gasteiger charge is -2.19. The fourth-order valence-corrected chi connectivity index (χ4v) is 2.80. The van der Waals surface area contributed by atoms with Crippen molar-refractivity contribution in [1.82, 2.24) is 9.97 Å². The van der Waals surface area contributed by atoms with Crippen LogP contribution in [-0.4, -0.2) is 17.0 Å². The Kier molecular flexibility index (Phi) is 4.20. The SMILES string of the molecule is CN(Cc1cccs1)c1ncnc(Cl)c1CCl. The number of halogens is 2. The van der Waals surface area contributed by atoms with Crippen molar-refractivity contribution in [2.75, 3.05) is 11.9 Å². The lowest BCUT2D eigenvalue weighted by atomic mass is 10.3. The molecule has 0 aliphatic carbocycles. The minimum Gasteiger partial charge on any atom is -0.354 e. The Labute approximate surface area is 114 Å². The average molecular weight is 288 g/mol. The zero-order chi connectivity index (χ0) is 12.3. The summed E-state index contributed by atoms with van der Waals surface area (Å²) >= 11 is 13.6. The molecule has 2 aromatic rings. The largest absolute Gasteiger partial charge is 0.354 e. The quantitative estimate of drug-likeness (QED) is 0.636. The third-order valence-electron chi connectivity index (χ3n) is 2.34. The summed E-state index contributed by atoms with van der Waals surface area (Å²) in [4.78, 5) is 11.5. The molecule has 0 radical (unpaired) electrons. The van der Waals surface area contributed by atoms with E-state index < -0.39 is 0 Å². The van der Waals surface area contributed by atoms with E-state index in [1.807, 2.05) is 18.0 Å². The molecule has 0 saturated heterocycles. The predicted molar refractivity (Wildman–Crippen MR) is 73.0 cm³/mol. The second-order valence-corrected chi connectivity index (χ2v) is 5.19. The van der Waals surface area contributed by atoms with Gasteiger partial charge < -0.3 is 4.90 Å². The third-order valence-corrected chi connectivity index (χ3v) is 3.79. The van der Waals surface area contributed by atoms with Gasteiger partial charge in [-0.2, -0.15) is 0 Å². The van der Waals surface area contributed by atoms with Crippen LogP contribution in [0.5, 0.6) is 0 Å². The van der Waals surface area contributed by atoms with Crippen LogP contribution in [0.15, 0.2) is 23.8 Å². The highest BCUT2D eigenvalue weighted by Crippen LogP contribution is 2.25. The summed E-state index contributed by atoms with van der Waals surface area (Å²) < 4.78 is 0. The molecule has 3 nitrogen and oxygen atoms in total. The zero-order valence-electron chi connectivity index (χ0n) is 9.23. The molecule has 0 unspecified atom stereocenters. The molecule has 17 heavy (non-hydrogen) atoms. The maximum absolute atomic E-state index is 6.00. The highest BCUT2D eigenvalue weighted by Gasteiger charge is 2.13. The number of alkyl halides is 1. The second-order valence-electron chi connectivity index (χ2n) is 3.54. The van der Waals surface area contributed by atoms with Gasteiger partial charge in [-0.15, -0.1) is 22.9 Å². The molecule has 0 aliphatic rings. The summed E-state index contributed by atoms with van der Waals surface area (Å²) in [5.41, 5.74) is 0.773. The number of thiophene rings is 1. The van der Waals surface area contributed by atoms with E-state index in [-0.39, 0.29) is 0 Å². The molecule has 0 aromatic carbocycles. The lowest BCUT2D eigenvalue weighted by molar-refractivity contribution is 0.892. The van der Waals surface area contributed by atoms with Gasteiger partial charge in [0, 0.05) is 17.5 Å². The first-order valence-corrected chi connectivity index (χ1v) is 6.80. The number of rotatable bonds is 4. The first-order valence-electron chi connectivity index (χ1n) is 5.01. The van der Waals surface area contributed by atoms with Crippen LogP contribution in [0.3, 0.4) is 0 Å². The van der Waals surface area contributed by atoms with E-state index in [0.717, 1.165) is 17.9 Å². The molecule has 2 heterocycles. The van der Waals surface area contributed by atoms with Crippen LogP contribution in [0.4, 0.5) is 5.82 Å². The maximum Gasteiger partial charge on any atom is 0.138 e. The van der Waals surface area contributed by atoms with Gasteiger partial charge in [-0.1, -0.05) is 17.7 Å². The molecule has 2 rings (SSSR count). The zero-order valence-corrected chi connectivity index (χ0v) is 11.6. The number of aromatic nitrogens is 2. The normalized spacial score (nSPS) is 10.5. The molecule has 0 spiro atoms. The van der Waals surface area contributed by atoms with Gasteiger partial charge in [-0.25, -0.2) is 9.97 Å². The Morgan fingerprint density at radius 2 is 2.24 bits per heavy atom. The monoisotopic (exact) mass is 287 g/mol. The third kappa shape index (κ3) is 2.89. The topological polar surface area (TPSA) is 29.0 Å². The fraction of sp³-hybridized carbons (Fsp3) is 0.273. The maximum atomic E-state index is 6.00. The molecular weight excluding hydrogens is 277 g/mol. The lowest BCUT2D eigenvalue weighted by Crippen LogP contribution is -2.19. The van der Waals surface area contributed by atoms with Crippen LogP contribution >= 0.6 is 34.5 Å². The highest BCUT2D eigenvalue weighted by molar-refractivity contribution is 7.09. The molecule has 0 amide bonds. The summed E-state index contributed by atoms with van der Waals surface area (Å²) in [5.74, 6) is 1.09. The van der Waals surface area contributed by atoms with E-state index in [1.165, 1.54) is 11.2 Å². The van der Waals surface area contributed by atoms with Gasteiger partial charge in [-0.05, 0) is 11.4 Å². The number of hydrogen-bond acceptors (Lipinski definition) is 4. The van der Waals surface area contributed by atoms with Gasteiger partial charge >= 0.3 is 0 Å². The number of hydrogen-bond donors (Lipinski definition) is 0. The minimum atomic E-state index is 0.309. The van der Waals surface area contributed by atoms with Crippen molar-refractivity contribution in [2.24, 2.45) is 0 Å². The summed E-state index contributed by atoms with van der Waals surface area (Å²) in [5, 5.41) is 2.47. The second kappa shape index (κ2) is 5.67. The molecule has 0 fully saturated rings. The highest BCUT2D eigenvalue weighted by atomic mass is 35.5. The number of anilines is 1. The summed E-state index contributed by atoms with van der Waals surface area (Å²) in [6.45, 7) is 0.787. The van der Waals surface area contributed by atoms with Gasteiger partial charge in [0.05, 0.1) is 12.4 Å². The van der Waals surface area contributed by atoms with E-state index >= 15 is 0 Å². The molecule has 90 valence electrons. The summed E-state index contributed by atoms with van der Waals surface area (Å²) in [7, 11) is 1.97. The Balaban J connectivity index is 2.24. The molecule has 6 heteroatoms. The van der Waals surface area contributed by atoms with Crippen molar-refractivity contribution >= 4 is 40.4 Å². The first-order chi connectivity index (χ1) is 8.22. The Hall–Kier alpha value is -0.840. The van der Waals surface area contributed by atoms with Crippen molar-refractivity contribution in [3.8, 4) is 0 Å². The van der Waals surface area contributed by atoms with Gasteiger partial charge in [0.15, 0.2) is 0 Å².